The third-order valence-electron chi connectivity index (χ3n) is 2.58. The third kappa shape index (κ3) is 1.57. The molecule has 14 heavy (non-hydrogen) atoms. The lowest BCUT2D eigenvalue weighted by atomic mass is 9.95. The molecular weight excluding hydrogens is 180 g/mol. The van der Waals surface area contributed by atoms with Gasteiger partial charge in [-0.3, -0.25) is 0 Å². The molecule has 1 fully saturated rings. The quantitative estimate of drug-likeness (QED) is 0.556. The minimum Gasteiger partial charge on any atom is -0.432 e. The highest BCUT2D eigenvalue weighted by Crippen LogP contribution is 2.35. The molecule has 1 aliphatic heterocycles. The average molecular weight is 196 g/mol. The zero-order valence-corrected chi connectivity index (χ0v) is 8.87. The molecule has 2 rings (SSSR count). The van der Waals surface area contributed by atoms with Gasteiger partial charge in [0.05, 0.1) is 11.7 Å². The van der Waals surface area contributed by atoms with E-state index >= 15 is 0 Å². The molecule has 0 saturated carbocycles. The maximum Gasteiger partial charge on any atom is 0.338 e. The summed E-state index contributed by atoms with van der Waals surface area (Å²) >= 11 is 0. The molecule has 0 amide bonds. The summed E-state index contributed by atoms with van der Waals surface area (Å²) in [6.45, 7) is 6.03. The van der Waals surface area contributed by atoms with Crippen molar-refractivity contribution in [1.82, 2.24) is 0 Å². The first-order valence-electron chi connectivity index (χ1n) is 5.05. The number of cyclic esters (lactones) is 1. The molecule has 78 valence electrons. The van der Waals surface area contributed by atoms with Gasteiger partial charge in [-0.25, -0.2) is 4.79 Å². The van der Waals surface area contributed by atoms with E-state index in [1.807, 2.05) is 26.8 Å². The number of carbonyl (C=O) groups excluding carboxylic acids is 1. The predicted molar refractivity (Wildman–Crippen MR) is 51.5 cm³/mol. The third-order valence-corrected chi connectivity index (χ3v) is 2.58. The first kappa shape index (κ1) is 9.71. The van der Waals surface area contributed by atoms with Crippen LogP contribution in [0.1, 0.15) is 33.6 Å². The molecule has 3 nitrogen and oxygen atoms in total. The van der Waals surface area contributed by atoms with E-state index in [-0.39, 0.29) is 17.5 Å². The molecule has 2 atom stereocenters. The van der Waals surface area contributed by atoms with Crippen molar-refractivity contribution in [1.29, 1.82) is 0 Å². The fourth-order valence-corrected chi connectivity index (χ4v) is 1.76. The molecular formula is C11H16O3. The van der Waals surface area contributed by atoms with Crippen molar-refractivity contribution in [2.45, 2.75) is 46.0 Å². The maximum absolute atomic E-state index is 11.6. The zero-order chi connectivity index (χ0) is 10.3. The predicted octanol–water partition coefficient (Wildman–Crippen LogP) is 2.02. The van der Waals surface area contributed by atoms with Gasteiger partial charge in [-0.1, -0.05) is 26.8 Å². The maximum atomic E-state index is 11.6. The lowest BCUT2D eigenvalue weighted by Crippen LogP contribution is -2.43. The molecule has 0 aromatic rings. The Morgan fingerprint density at radius 2 is 2.14 bits per heavy atom. The normalized spacial score (nSPS) is 32.2. The number of carbonyl (C=O) groups is 1. The summed E-state index contributed by atoms with van der Waals surface area (Å²) in [6, 6.07) is 0. The topological polar surface area (TPSA) is 35.5 Å². The molecule has 1 aliphatic carbocycles. The highest BCUT2D eigenvalue weighted by Gasteiger charge is 2.41. The van der Waals surface area contributed by atoms with Gasteiger partial charge in [0.1, 0.15) is 0 Å². The van der Waals surface area contributed by atoms with E-state index in [1.165, 1.54) is 0 Å². The minimum atomic E-state index is -0.407. The van der Waals surface area contributed by atoms with Crippen LogP contribution in [0.25, 0.3) is 0 Å². The Kier molecular flexibility index (Phi) is 2.14. The van der Waals surface area contributed by atoms with Crippen molar-refractivity contribution in [3.8, 4) is 0 Å². The van der Waals surface area contributed by atoms with Gasteiger partial charge >= 0.3 is 5.97 Å². The Morgan fingerprint density at radius 1 is 1.43 bits per heavy atom. The number of esters is 1. The van der Waals surface area contributed by atoms with Crippen LogP contribution in [0.2, 0.25) is 0 Å². The van der Waals surface area contributed by atoms with Gasteiger partial charge in [0.2, 0.25) is 6.29 Å². The molecule has 1 heterocycles. The van der Waals surface area contributed by atoms with Crippen LogP contribution >= 0.6 is 0 Å². The Hall–Kier alpha value is -0.830. The largest absolute Gasteiger partial charge is 0.432 e. The fourth-order valence-electron chi connectivity index (χ4n) is 1.76. The minimum absolute atomic E-state index is 0.0273. The van der Waals surface area contributed by atoms with Crippen molar-refractivity contribution in [2.24, 2.45) is 5.41 Å². The van der Waals surface area contributed by atoms with E-state index in [2.05, 4.69) is 0 Å². The van der Waals surface area contributed by atoms with Gasteiger partial charge in [0, 0.05) is 5.41 Å². The zero-order valence-electron chi connectivity index (χ0n) is 8.87. The lowest BCUT2D eigenvalue weighted by molar-refractivity contribution is -0.227. The van der Waals surface area contributed by atoms with Crippen LogP contribution in [0.15, 0.2) is 11.6 Å². The van der Waals surface area contributed by atoms with Gasteiger partial charge in [0.15, 0.2) is 0 Å². The second kappa shape index (κ2) is 3.09. The van der Waals surface area contributed by atoms with E-state index in [4.69, 9.17) is 9.47 Å². The van der Waals surface area contributed by atoms with Gasteiger partial charge < -0.3 is 9.47 Å². The van der Waals surface area contributed by atoms with Crippen LogP contribution in [0.5, 0.6) is 0 Å². The summed E-state index contributed by atoms with van der Waals surface area (Å²) in [6.07, 6.45) is 3.32. The molecule has 2 aliphatic rings. The molecule has 1 saturated heterocycles. The summed E-state index contributed by atoms with van der Waals surface area (Å²) in [5, 5.41) is 0. The SMILES string of the molecule is CC(C)(C)[C@H]1OC(=O)C2=CCC[C@H]2O1. The number of allylic oxidation sites excluding steroid dienone is 1. The van der Waals surface area contributed by atoms with Crippen molar-refractivity contribution in [3.05, 3.63) is 11.6 Å². The van der Waals surface area contributed by atoms with Gasteiger partial charge in [-0.05, 0) is 12.8 Å². The van der Waals surface area contributed by atoms with Crippen LogP contribution in [-0.4, -0.2) is 18.4 Å². The number of hydrogen-bond donors (Lipinski definition) is 0. The second-order valence-corrected chi connectivity index (χ2v) is 4.96. The standard InChI is InChI=1S/C11H16O3/c1-11(2,3)10-13-8-6-4-5-7(8)9(12)14-10/h5,8,10H,4,6H2,1-3H3/t8-,10-/m1/s1. The molecule has 0 spiro atoms. The van der Waals surface area contributed by atoms with E-state index in [1.54, 1.807) is 0 Å². The summed E-state index contributed by atoms with van der Waals surface area (Å²) in [5.74, 6) is -0.196. The smallest absolute Gasteiger partial charge is 0.338 e. The fraction of sp³-hybridized carbons (Fsp3) is 0.727. The monoisotopic (exact) mass is 196 g/mol. The molecule has 0 aromatic heterocycles. The van der Waals surface area contributed by atoms with E-state index < -0.39 is 6.29 Å². The Bertz CT molecular complexity index is 285. The molecule has 0 N–H and O–H groups in total. The molecule has 0 bridgehead atoms. The Labute approximate surface area is 84.1 Å². The first-order valence-corrected chi connectivity index (χ1v) is 5.05. The summed E-state index contributed by atoms with van der Waals surface area (Å²) in [4.78, 5) is 11.6. The van der Waals surface area contributed by atoms with Gasteiger partial charge in [-0.2, -0.15) is 0 Å². The highest BCUT2D eigenvalue weighted by molar-refractivity contribution is 5.90. The van der Waals surface area contributed by atoms with Gasteiger partial charge in [-0.15, -0.1) is 0 Å². The molecule has 0 unspecified atom stereocenters. The number of ether oxygens (including phenoxy) is 2. The van der Waals surface area contributed by atoms with Crippen molar-refractivity contribution in [3.63, 3.8) is 0 Å². The lowest BCUT2D eigenvalue weighted by Gasteiger charge is -2.36. The molecule has 0 aromatic carbocycles. The van der Waals surface area contributed by atoms with Crippen molar-refractivity contribution in [2.75, 3.05) is 0 Å². The second-order valence-electron chi connectivity index (χ2n) is 4.96. The number of hydrogen-bond acceptors (Lipinski definition) is 3. The summed E-state index contributed by atoms with van der Waals surface area (Å²) in [7, 11) is 0. The van der Waals surface area contributed by atoms with Crippen molar-refractivity contribution < 1.29 is 14.3 Å². The Morgan fingerprint density at radius 3 is 2.79 bits per heavy atom. The van der Waals surface area contributed by atoms with Gasteiger partial charge in [0.25, 0.3) is 0 Å². The summed E-state index contributed by atoms with van der Waals surface area (Å²) in [5.41, 5.74) is 0.564. The van der Waals surface area contributed by atoms with Crippen LogP contribution in [0, 0.1) is 5.41 Å². The van der Waals surface area contributed by atoms with Crippen molar-refractivity contribution >= 4 is 5.97 Å². The van der Waals surface area contributed by atoms with E-state index in [0.717, 1.165) is 12.8 Å². The van der Waals surface area contributed by atoms with Crippen LogP contribution < -0.4 is 0 Å². The number of rotatable bonds is 0. The van der Waals surface area contributed by atoms with E-state index in [9.17, 15) is 4.79 Å². The Balaban J connectivity index is 2.15. The highest BCUT2D eigenvalue weighted by atomic mass is 16.7. The average Bonchev–Trinajstić information content (AvgIpc) is 2.50. The van der Waals surface area contributed by atoms with Crippen LogP contribution in [0.3, 0.4) is 0 Å². The van der Waals surface area contributed by atoms with Crippen LogP contribution in [0.4, 0.5) is 0 Å². The first-order chi connectivity index (χ1) is 6.48. The van der Waals surface area contributed by atoms with E-state index in [0.29, 0.717) is 5.57 Å². The number of fused-ring (bicyclic) bond motifs is 1. The molecule has 0 radical (unpaired) electrons. The summed E-state index contributed by atoms with van der Waals surface area (Å²) < 4.78 is 11.0. The molecule has 3 heteroatoms. The van der Waals surface area contributed by atoms with Crippen LogP contribution in [-0.2, 0) is 14.3 Å².